The average Bonchev–Trinajstić information content (AvgIpc) is 2.95. The van der Waals surface area contributed by atoms with Gasteiger partial charge in [0.15, 0.2) is 0 Å². The molecular formula is C18H19N5O. The second kappa shape index (κ2) is 5.98. The molecule has 2 aliphatic heterocycles. The fourth-order valence-corrected chi connectivity index (χ4v) is 3.17. The normalized spacial score (nSPS) is 22.8. The Morgan fingerprint density at radius 1 is 1.00 bits per heavy atom. The van der Waals surface area contributed by atoms with Crippen LogP contribution in [0.4, 0.5) is 5.69 Å². The van der Waals surface area contributed by atoms with E-state index in [9.17, 15) is 4.79 Å². The van der Waals surface area contributed by atoms with Gasteiger partial charge < -0.3 is 0 Å². The highest BCUT2D eigenvalue weighted by Crippen LogP contribution is 2.34. The van der Waals surface area contributed by atoms with E-state index in [4.69, 9.17) is 4.99 Å². The second-order valence-corrected chi connectivity index (χ2v) is 5.85. The number of rotatable bonds is 3. The largest absolute Gasteiger partial charge is 0.299 e. The Morgan fingerprint density at radius 2 is 1.71 bits per heavy atom. The molecule has 24 heavy (non-hydrogen) atoms. The molecule has 6 nitrogen and oxygen atoms in total. The Balaban J connectivity index is 1.64. The summed E-state index contributed by atoms with van der Waals surface area (Å²) >= 11 is 0. The van der Waals surface area contributed by atoms with Gasteiger partial charge in [-0.25, -0.2) is 4.99 Å². The number of hydrogen-bond acceptors (Lipinski definition) is 5. The van der Waals surface area contributed by atoms with Crippen LogP contribution in [0.15, 0.2) is 65.7 Å². The molecule has 0 saturated carbocycles. The number of anilines is 1. The summed E-state index contributed by atoms with van der Waals surface area (Å²) in [5.74, 6) is -0.594. The highest BCUT2D eigenvalue weighted by Gasteiger charge is 2.49. The van der Waals surface area contributed by atoms with Crippen LogP contribution in [0.25, 0.3) is 0 Å². The monoisotopic (exact) mass is 321 g/mol. The third kappa shape index (κ3) is 2.41. The first-order chi connectivity index (χ1) is 11.8. The number of hydrazine groups is 1. The van der Waals surface area contributed by atoms with E-state index in [1.165, 1.54) is 0 Å². The molecule has 1 atom stereocenters. The van der Waals surface area contributed by atoms with Crippen molar-refractivity contribution >= 4 is 17.4 Å². The average molecular weight is 321 g/mol. The zero-order valence-electron chi connectivity index (χ0n) is 13.2. The molecule has 0 aliphatic carbocycles. The summed E-state index contributed by atoms with van der Waals surface area (Å²) in [6.45, 7) is 1.50. The fraction of sp³-hybridized carbons (Fsp3) is 0.222. The van der Waals surface area contributed by atoms with Gasteiger partial charge >= 0.3 is 0 Å². The van der Waals surface area contributed by atoms with E-state index in [1.807, 2.05) is 60.7 Å². The van der Waals surface area contributed by atoms with Gasteiger partial charge in [0.1, 0.15) is 0 Å². The summed E-state index contributed by atoms with van der Waals surface area (Å²) in [7, 11) is 0. The minimum absolute atomic E-state index is 0.102. The lowest BCUT2D eigenvalue weighted by Crippen LogP contribution is -2.58. The van der Waals surface area contributed by atoms with E-state index in [-0.39, 0.29) is 5.91 Å². The Morgan fingerprint density at radius 3 is 2.46 bits per heavy atom. The molecule has 1 unspecified atom stereocenters. The lowest BCUT2D eigenvalue weighted by atomic mass is 10.0. The predicted molar refractivity (Wildman–Crippen MR) is 93.1 cm³/mol. The molecular weight excluding hydrogens is 302 g/mol. The van der Waals surface area contributed by atoms with E-state index < -0.39 is 5.79 Å². The third-order valence-corrected chi connectivity index (χ3v) is 4.32. The lowest BCUT2D eigenvalue weighted by molar-refractivity contribution is -0.131. The second-order valence-electron chi connectivity index (χ2n) is 5.85. The lowest BCUT2D eigenvalue weighted by Gasteiger charge is -2.40. The first-order valence-electron chi connectivity index (χ1n) is 8.09. The number of carbonyl (C=O) groups excluding carboxylic acids is 1. The topological polar surface area (TPSA) is 68.8 Å². The number of amidine groups is 1. The molecule has 2 aromatic rings. The van der Waals surface area contributed by atoms with Gasteiger partial charge in [0.2, 0.25) is 11.6 Å². The molecule has 2 aromatic carbocycles. The standard InChI is InChI=1S/C18H19N5O/c24-17-16(22-21-15-10-5-2-6-11-15)20-18(14-8-3-1-4-9-14)19-12-7-13-23(17)18/h1-6,8-11,19,21H,7,12-13H2,(H,20,22). The van der Waals surface area contributed by atoms with Crippen LogP contribution >= 0.6 is 0 Å². The fourth-order valence-electron chi connectivity index (χ4n) is 3.17. The van der Waals surface area contributed by atoms with E-state index in [2.05, 4.69) is 16.2 Å². The Hall–Kier alpha value is -2.86. The molecule has 1 saturated heterocycles. The molecule has 4 rings (SSSR count). The first kappa shape index (κ1) is 14.7. The van der Waals surface area contributed by atoms with Gasteiger partial charge in [-0.2, -0.15) is 0 Å². The molecule has 1 amide bonds. The number of aliphatic imine (C=N–C) groups is 1. The van der Waals surface area contributed by atoms with Crippen molar-refractivity contribution in [1.82, 2.24) is 15.6 Å². The molecule has 3 N–H and O–H groups in total. The van der Waals surface area contributed by atoms with Gasteiger partial charge in [0, 0.05) is 18.7 Å². The zero-order chi connectivity index (χ0) is 16.4. The van der Waals surface area contributed by atoms with Crippen LogP contribution in [0.1, 0.15) is 12.0 Å². The maximum absolute atomic E-state index is 12.8. The number of nitrogens with zero attached hydrogens (tertiary/aromatic N) is 2. The van der Waals surface area contributed by atoms with Crippen LogP contribution in [0, 0.1) is 0 Å². The molecule has 2 heterocycles. The predicted octanol–water partition coefficient (Wildman–Crippen LogP) is 1.65. The Kier molecular flexibility index (Phi) is 3.66. The van der Waals surface area contributed by atoms with Gasteiger partial charge in [-0.3, -0.25) is 25.9 Å². The smallest absolute Gasteiger partial charge is 0.294 e. The summed E-state index contributed by atoms with van der Waals surface area (Å²) in [6, 6.07) is 19.5. The summed E-state index contributed by atoms with van der Waals surface area (Å²) in [4.78, 5) is 19.3. The number of nitrogens with one attached hydrogen (secondary N) is 3. The van der Waals surface area contributed by atoms with Crippen molar-refractivity contribution in [3.8, 4) is 0 Å². The van der Waals surface area contributed by atoms with E-state index >= 15 is 0 Å². The zero-order valence-corrected chi connectivity index (χ0v) is 13.2. The van der Waals surface area contributed by atoms with Crippen molar-refractivity contribution in [3.05, 3.63) is 66.2 Å². The Labute approximate surface area is 140 Å². The summed E-state index contributed by atoms with van der Waals surface area (Å²) in [6.07, 6.45) is 0.912. The van der Waals surface area contributed by atoms with Crippen molar-refractivity contribution in [2.45, 2.75) is 12.2 Å². The van der Waals surface area contributed by atoms with Gasteiger partial charge in [-0.1, -0.05) is 48.5 Å². The van der Waals surface area contributed by atoms with E-state index in [0.29, 0.717) is 12.4 Å². The number of amides is 1. The van der Waals surface area contributed by atoms with Crippen LogP contribution in [0.3, 0.4) is 0 Å². The third-order valence-electron chi connectivity index (χ3n) is 4.32. The summed E-state index contributed by atoms with van der Waals surface area (Å²) in [5.41, 5.74) is 7.85. The van der Waals surface area contributed by atoms with E-state index in [1.54, 1.807) is 4.90 Å². The van der Waals surface area contributed by atoms with Crippen LogP contribution in [-0.2, 0) is 10.6 Å². The number of fused-ring (bicyclic) bond motifs is 1. The van der Waals surface area contributed by atoms with Crippen LogP contribution in [0.5, 0.6) is 0 Å². The molecule has 0 spiro atoms. The first-order valence-corrected chi connectivity index (χ1v) is 8.09. The van der Waals surface area contributed by atoms with Crippen molar-refractivity contribution < 1.29 is 4.79 Å². The minimum Gasteiger partial charge on any atom is -0.299 e. The van der Waals surface area contributed by atoms with Crippen molar-refractivity contribution in [3.63, 3.8) is 0 Å². The van der Waals surface area contributed by atoms with Gasteiger partial charge in [0.25, 0.3) is 5.91 Å². The molecule has 0 aromatic heterocycles. The highest BCUT2D eigenvalue weighted by atomic mass is 16.2. The molecule has 0 radical (unpaired) electrons. The number of carbonyl (C=O) groups is 1. The highest BCUT2D eigenvalue weighted by molar-refractivity contribution is 6.39. The van der Waals surface area contributed by atoms with Gasteiger partial charge in [-0.05, 0) is 18.6 Å². The van der Waals surface area contributed by atoms with Crippen LogP contribution in [-0.4, -0.2) is 29.7 Å². The number of para-hydroxylation sites is 1. The molecule has 6 heteroatoms. The maximum atomic E-state index is 12.8. The van der Waals surface area contributed by atoms with Gasteiger partial charge in [-0.15, -0.1) is 0 Å². The SMILES string of the molecule is O=C1C(NNc2ccccc2)=NC2(c3ccccc3)NCCCN12. The molecule has 1 fully saturated rings. The molecule has 2 aliphatic rings. The summed E-state index contributed by atoms with van der Waals surface area (Å²) < 4.78 is 0. The van der Waals surface area contributed by atoms with Gasteiger partial charge in [0.05, 0.1) is 5.69 Å². The van der Waals surface area contributed by atoms with Crippen molar-refractivity contribution in [1.29, 1.82) is 0 Å². The number of benzene rings is 2. The summed E-state index contributed by atoms with van der Waals surface area (Å²) in [5, 5.41) is 3.42. The Bertz CT molecular complexity index is 761. The maximum Gasteiger partial charge on any atom is 0.294 e. The number of hydrogen-bond donors (Lipinski definition) is 3. The van der Waals surface area contributed by atoms with E-state index in [0.717, 1.165) is 24.2 Å². The van der Waals surface area contributed by atoms with Crippen molar-refractivity contribution in [2.75, 3.05) is 18.5 Å². The van der Waals surface area contributed by atoms with Crippen LogP contribution in [0.2, 0.25) is 0 Å². The minimum atomic E-state index is -0.808. The molecule has 122 valence electrons. The van der Waals surface area contributed by atoms with Crippen molar-refractivity contribution in [2.24, 2.45) is 4.99 Å². The quantitative estimate of drug-likeness (QED) is 0.752. The van der Waals surface area contributed by atoms with Crippen LogP contribution < -0.4 is 16.2 Å². The molecule has 0 bridgehead atoms.